The molecule has 2 nitrogen and oxygen atoms in total. The second kappa shape index (κ2) is 3.17. The van der Waals surface area contributed by atoms with Crippen LogP contribution in [-0.4, -0.2) is 13.1 Å². The molecule has 2 aliphatic rings. The normalized spacial score (nSPS) is 23.1. The summed E-state index contributed by atoms with van der Waals surface area (Å²) in [4.78, 5) is 0. The Labute approximate surface area is 88.6 Å². The van der Waals surface area contributed by atoms with Crippen LogP contribution in [0.3, 0.4) is 0 Å². The van der Waals surface area contributed by atoms with E-state index >= 15 is 0 Å². The second-order valence-electron chi connectivity index (χ2n) is 3.99. The van der Waals surface area contributed by atoms with E-state index in [9.17, 15) is 0 Å². The summed E-state index contributed by atoms with van der Waals surface area (Å²) < 4.78 is 3.80. The minimum absolute atomic E-state index is 0.349. The molecule has 0 saturated carbocycles. The van der Waals surface area contributed by atoms with Crippen LogP contribution in [0.1, 0.15) is 18.4 Å². The highest BCUT2D eigenvalue weighted by Crippen LogP contribution is 2.52. The van der Waals surface area contributed by atoms with Gasteiger partial charge in [0.2, 0.25) is 0 Å². The van der Waals surface area contributed by atoms with E-state index in [-0.39, 0.29) is 0 Å². The number of rotatable bonds is 0. The molecule has 1 aromatic rings. The fourth-order valence-electron chi connectivity index (χ4n) is 2.38. The van der Waals surface area contributed by atoms with E-state index in [0.29, 0.717) is 4.75 Å². The Morgan fingerprint density at radius 1 is 1.14 bits per heavy atom. The molecule has 0 bridgehead atoms. The molecule has 3 rings (SSSR count). The SMILES string of the molecule is c1ccc2c(c1)NSC21CCNCC1. The Morgan fingerprint density at radius 2 is 1.93 bits per heavy atom. The average molecular weight is 206 g/mol. The molecule has 1 saturated heterocycles. The molecule has 1 fully saturated rings. The van der Waals surface area contributed by atoms with Crippen molar-refractivity contribution in [3.63, 3.8) is 0 Å². The van der Waals surface area contributed by atoms with Crippen LogP contribution in [0.15, 0.2) is 24.3 Å². The van der Waals surface area contributed by atoms with Crippen LogP contribution >= 0.6 is 11.9 Å². The fraction of sp³-hybridized carbons (Fsp3) is 0.455. The molecular weight excluding hydrogens is 192 g/mol. The summed E-state index contributed by atoms with van der Waals surface area (Å²) in [6, 6.07) is 8.70. The first-order valence-electron chi connectivity index (χ1n) is 5.15. The first kappa shape index (κ1) is 8.62. The van der Waals surface area contributed by atoms with Gasteiger partial charge in [0, 0.05) is 5.69 Å². The molecular formula is C11H14N2S. The summed E-state index contributed by atoms with van der Waals surface area (Å²) in [6.07, 6.45) is 2.48. The Balaban J connectivity index is 2.03. The Morgan fingerprint density at radius 3 is 2.79 bits per heavy atom. The molecule has 0 aromatic heterocycles. The Hall–Kier alpha value is -0.670. The van der Waals surface area contributed by atoms with Gasteiger partial charge in [0.05, 0.1) is 4.75 Å². The van der Waals surface area contributed by atoms with Gasteiger partial charge >= 0.3 is 0 Å². The summed E-state index contributed by atoms with van der Waals surface area (Å²) >= 11 is 1.90. The summed E-state index contributed by atoms with van der Waals surface area (Å²) in [7, 11) is 0. The maximum atomic E-state index is 3.45. The van der Waals surface area contributed by atoms with E-state index < -0.39 is 0 Å². The van der Waals surface area contributed by atoms with Gasteiger partial charge in [0.1, 0.15) is 0 Å². The van der Waals surface area contributed by atoms with E-state index in [1.807, 2.05) is 11.9 Å². The summed E-state index contributed by atoms with van der Waals surface area (Å²) in [5, 5.41) is 3.43. The molecule has 14 heavy (non-hydrogen) atoms. The van der Waals surface area contributed by atoms with Crippen LogP contribution in [0.4, 0.5) is 5.69 Å². The third-order valence-corrected chi connectivity index (χ3v) is 4.53. The zero-order chi connectivity index (χ0) is 9.43. The number of benzene rings is 1. The topological polar surface area (TPSA) is 24.1 Å². The minimum Gasteiger partial charge on any atom is -0.329 e. The molecule has 1 aromatic carbocycles. The van der Waals surface area contributed by atoms with Gasteiger partial charge in [0.25, 0.3) is 0 Å². The molecule has 0 atom stereocenters. The highest BCUT2D eigenvalue weighted by atomic mass is 32.2. The van der Waals surface area contributed by atoms with Gasteiger partial charge in [-0.3, -0.25) is 0 Å². The Bertz CT molecular complexity index is 339. The summed E-state index contributed by atoms with van der Waals surface area (Å²) in [5.74, 6) is 0. The van der Waals surface area contributed by atoms with Gasteiger partial charge < -0.3 is 10.0 Å². The molecule has 2 aliphatic heterocycles. The fourth-order valence-corrected chi connectivity index (χ4v) is 3.56. The standard InChI is InChI=1S/C11H14N2S/c1-2-4-10-9(3-1)11(14-13-10)5-7-12-8-6-11/h1-4,12-13H,5-8H2. The van der Waals surface area contributed by atoms with Crippen LogP contribution in [0.2, 0.25) is 0 Å². The third-order valence-electron chi connectivity index (χ3n) is 3.19. The number of nitrogens with one attached hydrogen (secondary N) is 2. The number of anilines is 1. The van der Waals surface area contributed by atoms with Crippen molar-refractivity contribution in [2.24, 2.45) is 0 Å². The third kappa shape index (κ3) is 1.16. The first-order chi connectivity index (χ1) is 6.91. The maximum absolute atomic E-state index is 3.45. The van der Waals surface area contributed by atoms with Crippen molar-refractivity contribution in [1.29, 1.82) is 0 Å². The summed E-state index contributed by atoms with van der Waals surface area (Å²) in [5.41, 5.74) is 2.82. The highest BCUT2D eigenvalue weighted by molar-refractivity contribution is 8.01. The van der Waals surface area contributed by atoms with Crippen LogP contribution in [-0.2, 0) is 4.75 Å². The van der Waals surface area contributed by atoms with Crippen molar-refractivity contribution in [2.45, 2.75) is 17.6 Å². The van der Waals surface area contributed by atoms with Crippen LogP contribution < -0.4 is 10.0 Å². The van der Waals surface area contributed by atoms with E-state index in [4.69, 9.17) is 0 Å². The molecule has 2 heterocycles. The number of para-hydroxylation sites is 1. The lowest BCUT2D eigenvalue weighted by Gasteiger charge is -2.32. The number of piperidine rings is 1. The number of fused-ring (bicyclic) bond motifs is 2. The van der Waals surface area contributed by atoms with Crippen LogP contribution in [0.5, 0.6) is 0 Å². The predicted octanol–water partition coefficient (Wildman–Crippen LogP) is 2.34. The van der Waals surface area contributed by atoms with E-state index in [0.717, 1.165) is 13.1 Å². The molecule has 2 N–H and O–H groups in total. The van der Waals surface area contributed by atoms with E-state index in [1.54, 1.807) is 0 Å². The van der Waals surface area contributed by atoms with Crippen molar-refractivity contribution >= 4 is 17.6 Å². The van der Waals surface area contributed by atoms with Gasteiger partial charge in [-0.1, -0.05) is 18.2 Å². The largest absolute Gasteiger partial charge is 0.329 e. The van der Waals surface area contributed by atoms with Crippen molar-refractivity contribution in [1.82, 2.24) is 5.32 Å². The molecule has 0 unspecified atom stereocenters. The van der Waals surface area contributed by atoms with Gasteiger partial charge in [-0.15, -0.1) is 0 Å². The van der Waals surface area contributed by atoms with Crippen molar-refractivity contribution < 1.29 is 0 Å². The van der Waals surface area contributed by atoms with Crippen LogP contribution in [0, 0.1) is 0 Å². The summed E-state index contributed by atoms with van der Waals surface area (Å²) in [6.45, 7) is 2.28. The molecule has 0 radical (unpaired) electrons. The molecule has 74 valence electrons. The van der Waals surface area contributed by atoms with Gasteiger partial charge in [-0.05, 0) is 49.5 Å². The second-order valence-corrected chi connectivity index (χ2v) is 5.18. The lowest BCUT2D eigenvalue weighted by Crippen LogP contribution is -2.36. The number of hydrogen-bond acceptors (Lipinski definition) is 3. The lowest BCUT2D eigenvalue weighted by molar-refractivity contribution is 0.428. The van der Waals surface area contributed by atoms with Gasteiger partial charge in [-0.2, -0.15) is 0 Å². The van der Waals surface area contributed by atoms with Crippen molar-refractivity contribution in [2.75, 3.05) is 17.8 Å². The lowest BCUT2D eigenvalue weighted by atomic mass is 9.88. The first-order valence-corrected chi connectivity index (χ1v) is 5.97. The average Bonchev–Trinajstić information content (AvgIpc) is 2.60. The zero-order valence-corrected chi connectivity index (χ0v) is 8.86. The number of hydrogen-bond donors (Lipinski definition) is 2. The molecule has 0 amide bonds. The quantitative estimate of drug-likeness (QED) is 0.637. The predicted molar refractivity (Wildman–Crippen MR) is 61.4 cm³/mol. The van der Waals surface area contributed by atoms with Gasteiger partial charge in [-0.25, -0.2) is 0 Å². The zero-order valence-electron chi connectivity index (χ0n) is 8.05. The smallest absolute Gasteiger partial charge is 0.0650 e. The monoisotopic (exact) mass is 206 g/mol. The maximum Gasteiger partial charge on any atom is 0.0650 e. The van der Waals surface area contributed by atoms with Gasteiger partial charge in [0.15, 0.2) is 0 Å². The van der Waals surface area contributed by atoms with E-state index in [1.165, 1.54) is 24.1 Å². The molecule has 0 aliphatic carbocycles. The molecule has 3 heteroatoms. The van der Waals surface area contributed by atoms with Crippen LogP contribution in [0.25, 0.3) is 0 Å². The van der Waals surface area contributed by atoms with Crippen molar-refractivity contribution in [3.05, 3.63) is 29.8 Å². The minimum atomic E-state index is 0.349. The van der Waals surface area contributed by atoms with Crippen molar-refractivity contribution in [3.8, 4) is 0 Å². The van der Waals surface area contributed by atoms with E-state index in [2.05, 4.69) is 34.3 Å². The highest BCUT2D eigenvalue weighted by Gasteiger charge is 2.40. The Kier molecular flexibility index (Phi) is 1.96. The molecule has 1 spiro atoms.